The number of hydrogen-bond acceptors (Lipinski definition) is 5. The Morgan fingerprint density at radius 2 is 0.788 bits per heavy atom. The predicted molar refractivity (Wildman–Crippen MR) is 216 cm³/mol. The molecule has 246 valence electrons. The lowest BCUT2D eigenvalue weighted by atomic mass is 9.90. The van der Waals surface area contributed by atoms with Crippen LogP contribution >= 0.6 is 0 Å². The highest BCUT2D eigenvalue weighted by atomic mass is 14.8. The summed E-state index contributed by atoms with van der Waals surface area (Å²) in [6, 6.07) is 45.6. The summed E-state index contributed by atoms with van der Waals surface area (Å²) >= 11 is 0. The summed E-state index contributed by atoms with van der Waals surface area (Å²) in [4.78, 5) is 25.3. The molecule has 0 spiro atoms. The average Bonchev–Trinajstić information content (AvgIpc) is 3.16. The van der Waals surface area contributed by atoms with E-state index in [1.165, 1.54) is 10.8 Å². The van der Waals surface area contributed by atoms with Crippen molar-refractivity contribution in [2.24, 2.45) is 0 Å². The van der Waals surface area contributed by atoms with Gasteiger partial charge in [0.05, 0.1) is 33.3 Å². The largest absolute Gasteiger partial charge is 0.251 e. The second-order valence-electron chi connectivity index (χ2n) is 14.0. The molecule has 0 unspecified atom stereocenters. The summed E-state index contributed by atoms with van der Waals surface area (Å²) in [6.45, 7) is 8.15. The molecule has 0 fully saturated rings. The summed E-state index contributed by atoms with van der Waals surface area (Å²) in [5.74, 6) is 0. The van der Waals surface area contributed by atoms with Gasteiger partial charge in [-0.15, -0.1) is 0 Å². The third kappa shape index (κ3) is 4.96. The van der Waals surface area contributed by atoms with Crippen molar-refractivity contribution in [2.45, 2.75) is 27.7 Å². The molecule has 0 amide bonds. The van der Waals surface area contributed by atoms with E-state index >= 15 is 0 Å². The van der Waals surface area contributed by atoms with Crippen LogP contribution in [0.4, 0.5) is 0 Å². The van der Waals surface area contributed by atoms with Crippen LogP contribution in [0.2, 0.25) is 0 Å². The van der Waals surface area contributed by atoms with Crippen LogP contribution in [0.15, 0.2) is 127 Å². The molecule has 5 heterocycles. The SMILES string of the molecule is Cc1ccc2cc(-c3cc(-c4ccc5cc6ccccc6cc5n4)cc(-c4cc5ccc(C)nc5c5nc(C)ccc45)c3)c3ccc(C)nc3c2n1. The fourth-order valence-electron chi connectivity index (χ4n) is 7.66. The fourth-order valence-corrected chi connectivity index (χ4v) is 7.66. The van der Waals surface area contributed by atoms with E-state index in [4.69, 9.17) is 24.9 Å². The molecule has 0 saturated heterocycles. The molecule has 0 bridgehead atoms. The van der Waals surface area contributed by atoms with E-state index in [1.54, 1.807) is 0 Å². The first kappa shape index (κ1) is 30.3. The van der Waals surface area contributed by atoms with Gasteiger partial charge in [-0.2, -0.15) is 0 Å². The minimum absolute atomic E-state index is 0.913. The molecular weight excluding hydrogens is 635 g/mol. The van der Waals surface area contributed by atoms with Crippen LogP contribution in [0.1, 0.15) is 22.8 Å². The molecule has 10 rings (SSSR count). The third-order valence-electron chi connectivity index (χ3n) is 10.2. The summed E-state index contributed by atoms with van der Waals surface area (Å²) in [5, 5.41) is 7.76. The van der Waals surface area contributed by atoms with Gasteiger partial charge in [-0.1, -0.05) is 54.6 Å². The number of hydrogen-bond donors (Lipinski definition) is 0. The van der Waals surface area contributed by atoms with Crippen LogP contribution in [0.25, 0.3) is 98.8 Å². The van der Waals surface area contributed by atoms with E-state index in [0.29, 0.717) is 0 Å². The summed E-state index contributed by atoms with van der Waals surface area (Å²) in [7, 11) is 0. The first-order valence-electron chi connectivity index (χ1n) is 17.7. The van der Waals surface area contributed by atoms with Gasteiger partial charge < -0.3 is 0 Å². The molecule has 0 aliphatic heterocycles. The van der Waals surface area contributed by atoms with E-state index in [2.05, 4.69) is 127 Å². The molecule has 5 nitrogen and oxygen atoms in total. The molecule has 0 saturated carbocycles. The molecule has 5 aromatic heterocycles. The number of aryl methyl sites for hydroxylation is 4. The van der Waals surface area contributed by atoms with Crippen molar-refractivity contribution in [1.29, 1.82) is 0 Å². The monoisotopic (exact) mass is 667 g/mol. The highest BCUT2D eigenvalue weighted by Crippen LogP contribution is 2.41. The van der Waals surface area contributed by atoms with Crippen LogP contribution in [0.5, 0.6) is 0 Å². The van der Waals surface area contributed by atoms with Crippen LogP contribution in [0, 0.1) is 27.7 Å². The normalized spacial score (nSPS) is 11.8. The maximum atomic E-state index is 5.29. The van der Waals surface area contributed by atoms with Crippen molar-refractivity contribution in [3.8, 4) is 33.5 Å². The van der Waals surface area contributed by atoms with E-state index in [1.807, 2.05) is 27.7 Å². The van der Waals surface area contributed by atoms with Crippen molar-refractivity contribution >= 4 is 65.3 Å². The third-order valence-corrected chi connectivity index (χ3v) is 10.2. The zero-order chi connectivity index (χ0) is 35.1. The van der Waals surface area contributed by atoms with Crippen molar-refractivity contribution < 1.29 is 0 Å². The molecule has 0 aliphatic rings. The van der Waals surface area contributed by atoms with Crippen molar-refractivity contribution in [1.82, 2.24) is 24.9 Å². The van der Waals surface area contributed by atoms with Crippen LogP contribution in [-0.4, -0.2) is 24.9 Å². The molecule has 10 aromatic rings. The second-order valence-corrected chi connectivity index (χ2v) is 14.0. The number of benzene rings is 5. The van der Waals surface area contributed by atoms with Crippen molar-refractivity contribution in [3.05, 3.63) is 150 Å². The minimum atomic E-state index is 0.913. The van der Waals surface area contributed by atoms with Crippen LogP contribution in [0.3, 0.4) is 0 Å². The maximum Gasteiger partial charge on any atom is 0.0974 e. The lowest BCUT2D eigenvalue weighted by Crippen LogP contribution is -1.95. The van der Waals surface area contributed by atoms with E-state index in [-0.39, 0.29) is 0 Å². The Hall–Kier alpha value is -6.59. The van der Waals surface area contributed by atoms with Crippen LogP contribution in [-0.2, 0) is 0 Å². The lowest BCUT2D eigenvalue weighted by molar-refractivity contribution is 1.23. The molecule has 0 radical (unpaired) electrons. The van der Waals surface area contributed by atoms with Crippen molar-refractivity contribution in [3.63, 3.8) is 0 Å². The number of rotatable bonds is 3. The fraction of sp³-hybridized carbons (Fsp3) is 0.0851. The number of aromatic nitrogens is 5. The Labute approximate surface area is 300 Å². The first-order chi connectivity index (χ1) is 25.3. The quantitative estimate of drug-likeness (QED) is 0.139. The molecule has 0 atom stereocenters. The zero-order valence-corrected chi connectivity index (χ0v) is 29.4. The summed E-state index contributed by atoms with van der Waals surface area (Å²) in [6.07, 6.45) is 0. The Balaban J connectivity index is 1.29. The molecule has 52 heavy (non-hydrogen) atoms. The maximum absolute atomic E-state index is 5.29. The zero-order valence-electron chi connectivity index (χ0n) is 29.4. The standard InChI is InChI=1S/C47H33N5/c1-26-9-13-33-23-40(38-16-11-28(3)50-46(38)44(33)48-26)35-20-36(41-24-34-14-10-27(2)49-45(34)47-39(41)17-12-29(4)51-47)22-37(21-35)42-18-15-32-19-30-7-5-6-8-31(30)25-43(32)52-42/h5-25H,1-4H3. The van der Waals surface area contributed by atoms with Gasteiger partial charge in [-0.25, -0.2) is 4.98 Å². The van der Waals surface area contributed by atoms with Gasteiger partial charge in [-0.3, -0.25) is 19.9 Å². The van der Waals surface area contributed by atoms with Gasteiger partial charge in [0.2, 0.25) is 0 Å². The first-order valence-corrected chi connectivity index (χ1v) is 17.7. The second kappa shape index (κ2) is 11.5. The van der Waals surface area contributed by atoms with Gasteiger partial charge in [0.25, 0.3) is 0 Å². The highest BCUT2D eigenvalue weighted by molar-refractivity contribution is 6.13. The summed E-state index contributed by atoms with van der Waals surface area (Å²) < 4.78 is 0. The Bertz CT molecular complexity index is 2980. The summed E-state index contributed by atoms with van der Waals surface area (Å²) in [5.41, 5.74) is 14.8. The van der Waals surface area contributed by atoms with E-state index in [0.717, 1.165) is 111 Å². The Kier molecular flexibility index (Phi) is 6.67. The molecular formula is C47H33N5. The Morgan fingerprint density at radius 1 is 0.327 bits per heavy atom. The van der Waals surface area contributed by atoms with Gasteiger partial charge in [0.1, 0.15) is 0 Å². The highest BCUT2D eigenvalue weighted by Gasteiger charge is 2.18. The minimum Gasteiger partial charge on any atom is -0.251 e. The lowest BCUT2D eigenvalue weighted by Gasteiger charge is -2.16. The van der Waals surface area contributed by atoms with Gasteiger partial charge >= 0.3 is 0 Å². The smallest absolute Gasteiger partial charge is 0.0974 e. The van der Waals surface area contributed by atoms with E-state index in [9.17, 15) is 0 Å². The Morgan fingerprint density at radius 3 is 1.35 bits per heavy atom. The van der Waals surface area contributed by atoms with E-state index < -0.39 is 0 Å². The van der Waals surface area contributed by atoms with Crippen LogP contribution < -0.4 is 0 Å². The molecule has 5 heteroatoms. The van der Waals surface area contributed by atoms with Gasteiger partial charge in [0.15, 0.2) is 0 Å². The topological polar surface area (TPSA) is 64.5 Å². The molecule has 0 N–H and O–H groups in total. The average molecular weight is 668 g/mol. The molecule has 0 aliphatic carbocycles. The predicted octanol–water partition coefficient (Wildman–Crippen LogP) is 11.8. The molecule has 5 aromatic carbocycles. The van der Waals surface area contributed by atoms with Crippen molar-refractivity contribution in [2.75, 3.05) is 0 Å². The number of fused-ring (bicyclic) bond motifs is 8. The van der Waals surface area contributed by atoms with Gasteiger partial charge in [0, 0.05) is 55.3 Å². The number of pyridine rings is 5. The van der Waals surface area contributed by atoms with Gasteiger partial charge in [-0.05, 0) is 134 Å². The number of nitrogens with zero attached hydrogens (tertiary/aromatic N) is 5.